The number of nitrogens with zero attached hydrogens (tertiary/aromatic N) is 1. The largest absolute Gasteiger partial charge is 0.418 e. The van der Waals surface area contributed by atoms with Crippen LogP contribution in [-0.4, -0.2) is 10.1 Å². The summed E-state index contributed by atoms with van der Waals surface area (Å²) in [7, 11) is 0. The second kappa shape index (κ2) is 5.14. The molecule has 8 heteroatoms. The molecule has 1 rings (SSSR count). The molecule has 0 saturated carbocycles. The molecule has 2 nitrogen and oxygen atoms in total. The Bertz CT molecular complexity index is 407. The number of hydrogen-bond acceptors (Lipinski definition) is 2. The van der Waals surface area contributed by atoms with Crippen LogP contribution in [0.5, 0.6) is 0 Å². The number of aliphatic hydroxyl groups is 1. The van der Waals surface area contributed by atoms with Crippen molar-refractivity contribution >= 4 is 11.6 Å². The Morgan fingerprint density at radius 2 is 1.94 bits per heavy atom. The van der Waals surface area contributed by atoms with Crippen molar-refractivity contribution in [2.75, 3.05) is 0 Å². The number of hydrogen-bond donors (Lipinski definition) is 1. The van der Waals surface area contributed by atoms with Gasteiger partial charge in [0.05, 0.1) is 23.7 Å². The van der Waals surface area contributed by atoms with E-state index in [2.05, 4.69) is 4.98 Å². The van der Waals surface area contributed by atoms with Crippen LogP contribution in [0, 0.1) is 0 Å². The van der Waals surface area contributed by atoms with E-state index in [9.17, 15) is 22.0 Å². The zero-order valence-corrected chi connectivity index (χ0v) is 8.99. The molecular formula is C9H7ClF5NO. The van der Waals surface area contributed by atoms with E-state index in [0.717, 1.165) is 0 Å². The van der Waals surface area contributed by atoms with Crippen molar-refractivity contribution < 1.29 is 27.1 Å². The molecule has 0 spiro atoms. The molecule has 0 aliphatic carbocycles. The second-order valence-electron chi connectivity index (χ2n) is 3.12. The standard InChI is InChI=1S/C9H7ClF5NO/c10-2-6-5(9(13,14)15)1-4(3-17)7(16-6)8(11)12/h1,8,17H,2-3H2. The first kappa shape index (κ1) is 14.1. The van der Waals surface area contributed by atoms with E-state index in [1.165, 1.54) is 0 Å². The highest BCUT2D eigenvalue weighted by molar-refractivity contribution is 6.17. The molecule has 0 unspecified atom stereocenters. The monoisotopic (exact) mass is 275 g/mol. The van der Waals surface area contributed by atoms with Crippen LogP contribution in [0.2, 0.25) is 0 Å². The van der Waals surface area contributed by atoms with Crippen molar-refractivity contribution in [3.63, 3.8) is 0 Å². The maximum atomic E-state index is 12.5. The van der Waals surface area contributed by atoms with Gasteiger partial charge in [0.25, 0.3) is 6.43 Å². The number of alkyl halides is 6. The van der Waals surface area contributed by atoms with Gasteiger partial charge in [0.1, 0.15) is 5.69 Å². The Labute approximate surface area is 98.0 Å². The molecule has 0 saturated heterocycles. The molecule has 96 valence electrons. The van der Waals surface area contributed by atoms with E-state index in [1.807, 2.05) is 0 Å². The van der Waals surface area contributed by atoms with Crippen LogP contribution in [0.4, 0.5) is 22.0 Å². The number of aliphatic hydroxyl groups excluding tert-OH is 1. The molecule has 0 aliphatic heterocycles. The Morgan fingerprint density at radius 3 is 2.29 bits per heavy atom. The lowest BCUT2D eigenvalue weighted by Gasteiger charge is -2.14. The SMILES string of the molecule is OCc1cc(C(F)(F)F)c(CCl)nc1C(F)F. The lowest BCUT2D eigenvalue weighted by atomic mass is 10.1. The fourth-order valence-electron chi connectivity index (χ4n) is 1.27. The van der Waals surface area contributed by atoms with E-state index in [1.54, 1.807) is 0 Å². The van der Waals surface area contributed by atoms with Crippen molar-refractivity contribution in [2.24, 2.45) is 0 Å². The van der Waals surface area contributed by atoms with Crippen LogP contribution in [0.3, 0.4) is 0 Å². The van der Waals surface area contributed by atoms with E-state index >= 15 is 0 Å². The minimum absolute atomic E-state index is 0.451. The molecular weight excluding hydrogens is 269 g/mol. The minimum Gasteiger partial charge on any atom is -0.392 e. The fourth-order valence-corrected chi connectivity index (χ4v) is 1.48. The van der Waals surface area contributed by atoms with Crippen molar-refractivity contribution in [3.05, 3.63) is 28.6 Å². The molecule has 0 amide bonds. The summed E-state index contributed by atoms with van der Waals surface area (Å²) in [6.45, 7) is -0.946. The summed E-state index contributed by atoms with van der Waals surface area (Å²) >= 11 is 5.24. The normalized spacial score (nSPS) is 12.2. The molecule has 0 radical (unpaired) electrons. The van der Waals surface area contributed by atoms with Gasteiger partial charge >= 0.3 is 6.18 Å². The summed E-state index contributed by atoms with van der Waals surface area (Å²) in [5.41, 5.74) is -3.31. The third-order valence-corrected chi connectivity index (χ3v) is 2.28. The highest BCUT2D eigenvalue weighted by Crippen LogP contribution is 2.35. The summed E-state index contributed by atoms with van der Waals surface area (Å²) < 4.78 is 62.5. The zero-order chi connectivity index (χ0) is 13.2. The van der Waals surface area contributed by atoms with Crippen LogP contribution in [0.15, 0.2) is 6.07 Å². The van der Waals surface area contributed by atoms with Gasteiger partial charge in [0, 0.05) is 5.56 Å². The number of pyridine rings is 1. The summed E-state index contributed by atoms with van der Waals surface area (Å²) in [5, 5.41) is 8.75. The quantitative estimate of drug-likeness (QED) is 0.678. The molecule has 1 heterocycles. The molecule has 0 aromatic carbocycles. The maximum Gasteiger partial charge on any atom is 0.418 e. The van der Waals surface area contributed by atoms with Crippen LogP contribution in [0.1, 0.15) is 28.9 Å². The van der Waals surface area contributed by atoms with Crippen LogP contribution in [0.25, 0.3) is 0 Å². The number of rotatable bonds is 3. The van der Waals surface area contributed by atoms with Gasteiger partial charge in [-0.25, -0.2) is 13.8 Å². The topological polar surface area (TPSA) is 33.1 Å². The summed E-state index contributed by atoms with van der Waals surface area (Å²) in [4.78, 5) is 3.17. The van der Waals surface area contributed by atoms with Gasteiger partial charge in [-0.3, -0.25) is 0 Å². The summed E-state index contributed by atoms with van der Waals surface area (Å²) in [6, 6.07) is 0.451. The number of halogens is 6. The second-order valence-corrected chi connectivity index (χ2v) is 3.38. The molecule has 1 aromatic heterocycles. The smallest absolute Gasteiger partial charge is 0.392 e. The van der Waals surface area contributed by atoms with Crippen molar-refractivity contribution in [1.82, 2.24) is 4.98 Å². The Morgan fingerprint density at radius 1 is 1.35 bits per heavy atom. The van der Waals surface area contributed by atoms with E-state index in [0.29, 0.717) is 6.07 Å². The predicted molar refractivity (Wildman–Crippen MR) is 49.7 cm³/mol. The first-order valence-electron chi connectivity index (χ1n) is 4.36. The predicted octanol–water partition coefficient (Wildman–Crippen LogP) is 3.27. The van der Waals surface area contributed by atoms with Crippen molar-refractivity contribution in [2.45, 2.75) is 25.1 Å². The van der Waals surface area contributed by atoms with Gasteiger partial charge in [0.15, 0.2) is 0 Å². The number of aromatic nitrogens is 1. The molecule has 17 heavy (non-hydrogen) atoms. The average Bonchev–Trinajstić information content (AvgIpc) is 2.25. The van der Waals surface area contributed by atoms with Crippen LogP contribution < -0.4 is 0 Å². The van der Waals surface area contributed by atoms with E-state index in [4.69, 9.17) is 16.7 Å². The highest BCUT2D eigenvalue weighted by Gasteiger charge is 2.35. The van der Waals surface area contributed by atoms with Crippen LogP contribution in [-0.2, 0) is 18.7 Å². The summed E-state index contributed by atoms with van der Waals surface area (Å²) in [6.07, 6.45) is -7.82. The fraction of sp³-hybridized carbons (Fsp3) is 0.444. The molecule has 0 fully saturated rings. The first-order valence-corrected chi connectivity index (χ1v) is 4.89. The Balaban J connectivity index is 3.44. The van der Waals surface area contributed by atoms with Crippen molar-refractivity contribution in [3.8, 4) is 0 Å². The Hall–Kier alpha value is -0.950. The molecule has 1 aromatic rings. The first-order chi connectivity index (χ1) is 7.81. The maximum absolute atomic E-state index is 12.5. The van der Waals surface area contributed by atoms with Crippen LogP contribution >= 0.6 is 11.6 Å². The molecule has 0 bridgehead atoms. The van der Waals surface area contributed by atoms with E-state index < -0.39 is 47.6 Å². The lowest BCUT2D eigenvalue weighted by molar-refractivity contribution is -0.138. The Kier molecular flexibility index (Phi) is 4.26. The van der Waals surface area contributed by atoms with Crippen molar-refractivity contribution in [1.29, 1.82) is 0 Å². The zero-order valence-electron chi connectivity index (χ0n) is 8.23. The van der Waals surface area contributed by atoms with Gasteiger partial charge in [-0.15, -0.1) is 11.6 Å². The van der Waals surface area contributed by atoms with E-state index in [-0.39, 0.29) is 0 Å². The average molecular weight is 276 g/mol. The molecule has 0 atom stereocenters. The molecule has 1 N–H and O–H groups in total. The van der Waals surface area contributed by atoms with Gasteiger partial charge < -0.3 is 5.11 Å². The molecule has 0 aliphatic rings. The third-order valence-electron chi connectivity index (χ3n) is 2.02. The third kappa shape index (κ3) is 3.04. The highest BCUT2D eigenvalue weighted by atomic mass is 35.5. The minimum atomic E-state index is -4.75. The van der Waals surface area contributed by atoms with Gasteiger partial charge in [-0.05, 0) is 6.07 Å². The van der Waals surface area contributed by atoms with Gasteiger partial charge in [-0.1, -0.05) is 0 Å². The lowest BCUT2D eigenvalue weighted by Crippen LogP contribution is -2.13. The summed E-state index contributed by atoms with van der Waals surface area (Å²) in [5.74, 6) is -0.639. The van der Waals surface area contributed by atoms with Gasteiger partial charge in [-0.2, -0.15) is 13.2 Å². The van der Waals surface area contributed by atoms with Gasteiger partial charge in [0.2, 0.25) is 0 Å².